The number of hydrogen-bond donors (Lipinski definition) is 1. The van der Waals surface area contributed by atoms with Crippen molar-refractivity contribution in [1.82, 2.24) is 5.16 Å². The first-order chi connectivity index (χ1) is 7.11. The summed E-state index contributed by atoms with van der Waals surface area (Å²) in [6.45, 7) is 1.85. The molecule has 5 heteroatoms. The molecule has 0 saturated carbocycles. The standard InChI is InChI=1S/C10H8BrClN2O/c1-5-9(14-15-10(5)13)6-3-2-4-7(11)8(6)12/h2-4H,13H2,1H3. The zero-order valence-electron chi connectivity index (χ0n) is 7.92. The van der Waals surface area contributed by atoms with Gasteiger partial charge in [-0.3, -0.25) is 0 Å². The minimum atomic E-state index is 0.320. The van der Waals surface area contributed by atoms with Gasteiger partial charge in [0.15, 0.2) is 0 Å². The molecule has 0 aliphatic heterocycles. The number of benzene rings is 1. The summed E-state index contributed by atoms with van der Waals surface area (Å²) < 4.78 is 5.72. The molecule has 0 bridgehead atoms. The van der Waals surface area contributed by atoms with E-state index in [1.54, 1.807) is 0 Å². The Morgan fingerprint density at radius 2 is 2.20 bits per heavy atom. The first kappa shape index (κ1) is 10.5. The van der Waals surface area contributed by atoms with E-state index in [1.807, 2.05) is 25.1 Å². The third kappa shape index (κ3) is 1.75. The lowest BCUT2D eigenvalue weighted by Crippen LogP contribution is -1.86. The molecule has 0 aliphatic carbocycles. The molecular weight excluding hydrogens is 279 g/mol. The maximum absolute atomic E-state index is 6.14. The second-order valence-electron chi connectivity index (χ2n) is 3.12. The smallest absolute Gasteiger partial charge is 0.225 e. The van der Waals surface area contributed by atoms with Gasteiger partial charge < -0.3 is 10.3 Å². The van der Waals surface area contributed by atoms with Gasteiger partial charge >= 0.3 is 0 Å². The highest BCUT2D eigenvalue weighted by Gasteiger charge is 2.14. The highest BCUT2D eigenvalue weighted by atomic mass is 79.9. The lowest BCUT2D eigenvalue weighted by molar-refractivity contribution is 0.439. The topological polar surface area (TPSA) is 52.0 Å². The molecule has 0 amide bonds. The average molecular weight is 288 g/mol. The molecule has 1 aromatic heterocycles. The Morgan fingerprint density at radius 3 is 2.80 bits per heavy atom. The zero-order valence-corrected chi connectivity index (χ0v) is 10.3. The summed E-state index contributed by atoms with van der Waals surface area (Å²) in [5.74, 6) is 0.320. The molecule has 0 atom stereocenters. The van der Waals surface area contributed by atoms with E-state index in [-0.39, 0.29) is 0 Å². The van der Waals surface area contributed by atoms with Crippen molar-refractivity contribution in [2.24, 2.45) is 0 Å². The third-order valence-electron chi connectivity index (χ3n) is 2.17. The minimum Gasteiger partial charge on any atom is -0.367 e. The summed E-state index contributed by atoms with van der Waals surface area (Å²) in [5.41, 5.74) is 7.87. The van der Waals surface area contributed by atoms with Gasteiger partial charge in [-0.1, -0.05) is 28.9 Å². The summed E-state index contributed by atoms with van der Waals surface area (Å²) in [6, 6.07) is 5.62. The molecule has 3 nitrogen and oxygen atoms in total. The number of hydrogen-bond acceptors (Lipinski definition) is 3. The maximum atomic E-state index is 6.14. The Hall–Kier alpha value is -1.00. The third-order valence-corrected chi connectivity index (χ3v) is 3.46. The Morgan fingerprint density at radius 1 is 1.47 bits per heavy atom. The highest BCUT2D eigenvalue weighted by molar-refractivity contribution is 9.10. The molecule has 2 aromatic rings. The second-order valence-corrected chi connectivity index (χ2v) is 4.35. The number of anilines is 1. The first-order valence-electron chi connectivity index (χ1n) is 4.27. The number of nitrogens with two attached hydrogens (primary N) is 1. The van der Waals surface area contributed by atoms with E-state index in [0.29, 0.717) is 16.6 Å². The van der Waals surface area contributed by atoms with Crippen molar-refractivity contribution in [2.75, 3.05) is 5.73 Å². The Balaban J connectivity index is 2.64. The van der Waals surface area contributed by atoms with Crippen LogP contribution < -0.4 is 5.73 Å². The number of aromatic nitrogens is 1. The van der Waals surface area contributed by atoms with Gasteiger partial charge in [0, 0.05) is 15.6 Å². The van der Waals surface area contributed by atoms with E-state index in [4.69, 9.17) is 21.9 Å². The van der Waals surface area contributed by atoms with Gasteiger partial charge in [0.2, 0.25) is 5.88 Å². The fraction of sp³-hybridized carbons (Fsp3) is 0.100. The van der Waals surface area contributed by atoms with Crippen LogP contribution in [0.3, 0.4) is 0 Å². The molecule has 0 unspecified atom stereocenters. The molecule has 0 aliphatic rings. The number of nitrogens with zero attached hydrogens (tertiary/aromatic N) is 1. The molecule has 2 rings (SSSR count). The lowest BCUT2D eigenvalue weighted by Gasteiger charge is -2.02. The van der Waals surface area contributed by atoms with Crippen molar-refractivity contribution in [1.29, 1.82) is 0 Å². The van der Waals surface area contributed by atoms with Crippen LogP contribution in [0.5, 0.6) is 0 Å². The average Bonchev–Trinajstić information content (AvgIpc) is 2.53. The van der Waals surface area contributed by atoms with Crippen LogP contribution in [-0.4, -0.2) is 5.16 Å². The Bertz CT molecular complexity index is 510. The monoisotopic (exact) mass is 286 g/mol. The quantitative estimate of drug-likeness (QED) is 0.871. The van der Waals surface area contributed by atoms with Crippen LogP contribution >= 0.6 is 27.5 Å². The van der Waals surface area contributed by atoms with Gasteiger partial charge in [-0.25, -0.2) is 0 Å². The lowest BCUT2D eigenvalue weighted by atomic mass is 10.1. The SMILES string of the molecule is Cc1c(-c2cccc(Br)c2Cl)noc1N. The molecule has 0 fully saturated rings. The molecule has 0 radical (unpaired) electrons. The van der Waals surface area contributed by atoms with E-state index in [2.05, 4.69) is 21.1 Å². The molecule has 0 spiro atoms. The zero-order chi connectivity index (χ0) is 11.0. The van der Waals surface area contributed by atoms with Crippen molar-refractivity contribution in [3.05, 3.63) is 33.3 Å². The van der Waals surface area contributed by atoms with Gasteiger partial charge in [0.25, 0.3) is 0 Å². The van der Waals surface area contributed by atoms with Gasteiger partial charge in [0.05, 0.1) is 5.02 Å². The Labute approximate surface area is 100 Å². The van der Waals surface area contributed by atoms with Crippen LogP contribution in [0.25, 0.3) is 11.3 Å². The number of rotatable bonds is 1. The Kier molecular flexibility index (Phi) is 2.71. The summed E-state index contributed by atoms with van der Waals surface area (Å²) in [4.78, 5) is 0. The molecule has 0 saturated heterocycles. The van der Waals surface area contributed by atoms with Crippen molar-refractivity contribution >= 4 is 33.4 Å². The highest BCUT2D eigenvalue weighted by Crippen LogP contribution is 2.35. The number of halogens is 2. The molecule has 78 valence electrons. The van der Waals surface area contributed by atoms with Crippen LogP contribution in [0.2, 0.25) is 5.02 Å². The normalized spacial score (nSPS) is 10.6. The summed E-state index contributed by atoms with van der Waals surface area (Å²) >= 11 is 9.49. The van der Waals surface area contributed by atoms with Gasteiger partial charge in [-0.2, -0.15) is 0 Å². The molecule has 1 heterocycles. The molecule has 15 heavy (non-hydrogen) atoms. The predicted molar refractivity (Wildman–Crippen MR) is 63.8 cm³/mol. The number of nitrogen functional groups attached to an aromatic ring is 1. The van der Waals surface area contributed by atoms with E-state index in [1.165, 1.54) is 0 Å². The second kappa shape index (κ2) is 3.87. The molecule has 1 aromatic carbocycles. The summed E-state index contributed by atoms with van der Waals surface area (Å²) in [5, 5.41) is 4.49. The predicted octanol–water partition coefficient (Wildman–Crippen LogP) is 3.65. The molecular formula is C10H8BrClN2O. The maximum Gasteiger partial charge on any atom is 0.225 e. The van der Waals surface area contributed by atoms with Crippen LogP contribution in [0.1, 0.15) is 5.56 Å². The van der Waals surface area contributed by atoms with Crippen LogP contribution in [0.15, 0.2) is 27.2 Å². The van der Waals surface area contributed by atoms with Crippen molar-refractivity contribution in [2.45, 2.75) is 6.92 Å². The fourth-order valence-corrected chi connectivity index (χ4v) is 1.87. The van der Waals surface area contributed by atoms with E-state index >= 15 is 0 Å². The minimum absolute atomic E-state index is 0.320. The van der Waals surface area contributed by atoms with Gasteiger partial charge in [0.1, 0.15) is 5.69 Å². The van der Waals surface area contributed by atoms with Crippen LogP contribution in [0.4, 0.5) is 5.88 Å². The first-order valence-corrected chi connectivity index (χ1v) is 5.44. The van der Waals surface area contributed by atoms with E-state index < -0.39 is 0 Å². The van der Waals surface area contributed by atoms with E-state index in [0.717, 1.165) is 15.6 Å². The fourth-order valence-electron chi connectivity index (χ4n) is 1.29. The van der Waals surface area contributed by atoms with Gasteiger partial charge in [-0.05, 0) is 28.9 Å². The van der Waals surface area contributed by atoms with Crippen LogP contribution in [0, 0.1) is 6.92 Å². The van der Waals surface area contributed by atoms with Crippen LogP contribution in [-0.2, 0) is 0 Å². The van der Waals surface area contributed by atoms with Crippen molar-refractivity contribution < 1.29 is 4.52 Å². The summed E-state index contributed by atoms with van der Waals surface area (Å²) in [6.07, 6.45) is 0. The van der Waals surface area contributed by atoms with E-state index in [9.17, 15) is 0 Å². The summed E-state index contributed by atoms with van der Waals surface area (Å²) in [7, 11) is 0. The molecule has 2 N–H and O–H groups in total. The largest absolute Gasteiger partial charge is 0.367 e. The van der Waals surface area contributed by atoms with Crippen molar-refractivity contribution in [3.63, 3.8) is 0 Å². The van der Waals surface area contributed by atoms with Gasteiger partial charge in [-0.15, -0.1) is 0 Å². The van der Waals surface area contributed by atoms with Crippen molar-refractivity contribution in [3.8, 4) is 11.3 Å².